The second kappa shape index (κ2) is 3.65. The highest BCUT2D eigenvalue weighted by Crippen LogP contribution is 2.60. The molecule has 84 valence electrons. The van der Waals surface area contributed by atoms with E-state index < -0.39 is 0 Å². The van der Waals surface area contributed by atoms with E-state index in [2.05, 4.69) is 9.98 Å². The van der Waals surface area contributed by atoms with Gasteiger partial charge in [0.2, 0.25) is 12.2 Å². The molecule has 4 nitrogen and oxygen atoms in total. The minimum absolute atomic E-state index is 0.141. The molecular formula is C12H14N2O2. The van der Waals surface area contributed by atoms with Crippen molar-refractivity contribution in [2.75, 3.05) is 0 Å². The van der Waals surface area contributed by atoms with Crippen molar-refractivity contribution in [3.63, 3.8) is 0 Å². The van der Waals surface area contributed by atoms with Gasteiger partial charge in [0.25, 0.3) is 0 Å². The number of hydrogen-bond donors (Lipinski definition) is 0. The van der Waals surface area contributed by atoms with E-state index in [1.54, 1.807) is 12.2 Å². The van der Waals surface area contributed by atoms with E-state index in [4.69, 9.17) is 0 Å². The summed E-state index contributed by atoms with van der Waals surface area (Å²) in [7, 11) is 0. The molecule has 0 aliphatic heterocycles. The van der Waals surface area contributed by atoms with E-state index in [1.165, 1.54) is 6.42 Å². The summed E-state index contributed by atoms with van der Waals surface area (Å²) in [6, 6.07) is 0.305. The van der Waals surface area contributed by atoms with Crippen molar-refractivity contribution in [2.24, 2.45) is 33.7 Å². The number of isocyanates is 2. The number of fused-ring (bicyclic) bond motifs is 5. The first-order valence-electron chi connectivity index (χ1n) is 6.00. The van der Waals surface area contributed by atoms with E-state index in [1.807, 2.05) is 0 Å². The van der Waals surface area contributed by atoms with Crippen molar-refractivity contribution in [3.8, 4) is 0 Å². The van der Waals surface area contributed by atoms with Crippen LogP contribution in [0, 0.1) is 23.7 Å². The van der Waals surface area contributed by atoms with Crippen LogP contribution in [0.1, 0.15) is 25.7 Å². The lowest BCUT2D eigenvalue weighted by atomic mass is 9.80. The average Bonchev–Trinajstić information content (AvgIpc) is 2.92. The third-order valence-corrected chi connectivity index (χ3v) is 4.91. The van der Waals surface area contributed by atoms with Crippen LogP contribution in [0.5, 0.6) is 0 Å². The summed E-state index contributed by atoms with van der Waals surface area (Å²) in [5, 5.41) is 0. The molecule has 6 atom stereocenters. The minimum atomic E-state index is 0.141. The van der Waals surface area contributed by atoms with Gasteiger partial charge in [-0.15, -0.1) is 0 Å². The van der Waals surface area contributed by atoms with Crippen LogP contribution in [0.15, 0.2) is 9.98 Å². The Morgan fingerprint density at radius 1 is 0.812 bits per heavy atom. The molecule has 6 unspecified atom stereocenters. The van der Waals surface area contributed by atoms with Crippen LogP contribution >= 0.6 is 0 Å². The topological polar surface area (TPSA) is 58.9 Å². The number of nitrogens with zero attached hydrogens (tertiary/aromatic N) is 2. The molecule has 0 aromatic carbocycles. The molecule has 0 spiro atoms. The highest BCUT2D eigenvalue weighted by molar-refractivity contribution is 5.36. The lowest BCUT2D eigenvalue weighted by molar-refractivity contribution is 0.244. The summed E-state index contributed by atoms with van der Waals surface area (Å²) in [6.07, 6.45) is 7.86. The third-order valence-electron chi connectivity index (χ3n) is 4.91. The van der Waals surface area contributed by atoms with Gasteiger partial charge in [-0.2, -0.15) is 0 Å². The van der Waals surface area contributed by atoms with E-state index in [-0.39, 0.29) is 12.1 Å². The van der Waals surface area contributed by atoms with Crippen LogP contribution in [0.3, 0.4) is 0 Å². The standard InChI is InChI=1S/C12H14N2O2/c15-5-13-10-4-3-7-8-1-2-9(11(7)10)12(8)14-6-16/h7-12H,1-4H2. The van der Waals surface area contributed by atoms with E-state index >= 15 is 0 Å². The van der Waals surface area contributed by atoms with Gasteiger partial charge in [0.05, 0.1) is 12.1 Å². The first kappa shape index (κ1) is 9.95. The second-order valence-corrected chi connectivity index (χ2v) is 5.22. The molecule has 3 saturated carbocycles. The lowest BCUT2D eigenvalue weighted by Gasteiger charge is -2.25. The molecule has 0 radical (unpaired) electrons. The molecule has 3 fully saturated rings. The maximum absolute atomic E-state index is 10.4. The summed E-state index contributed by atoms with van der Waals surface area (Å²) < 4.78 is 0. The van der Waals surface area contributed by atoms with Gasteiger partial charge in [0.1, 0.15) is 0 Å². The molecule has 0 aromatic heterocycles. The van der Waals surface area contributed by atoms with Crippen LogP contribution in [-0.4, -0.2) is 24.2 Å². The Morgan fingerprint density at radius 2 is 1.50 bits per heavy atom. The van der Waals surface area contributed by atoms with Gasteiger partial charge in [0.15, 0.2) is 0 Å². The van der Waals surface area contributed by atoms with Crippen molar-refractivity contribution in [1.82, 2.24) is 0 Å². The van der Waals surface area contributed by atoms with Gasteiger partial charge in [-0.25, -0.2) is 19.6 Å². The minimum Gasteiger partial charge on any atom is -0.211 e. The fourth-order valence-corrected chi connectivity index (χ4v) is 4.54. The summed E-state index contributed by atoms with van der Waals surface area (Å²) in [4.78, 5) is 28.7. The Bertz CT molecular complexity index is 396. The molecular weight excluding hydrogens is 204 g/mol. The predicted molar refractivity (Wildman–Crippen MR) is 56.2 cm³/mol. The maximum atomic E-state index is 10.4. The molecule has 0 amide bonds. The van der Waals surface area contributed by atoms with E-state index in [9.17, 15) is 9.59 Å². The Morgan fingerprint density at radius 3 is 2.25 bits per heavy atom. The van der Waals surface area contributed by atoms with Crippen LogP contribution in [0.25, 0.3) is 0 Å². The summed E-state index contributed by atoms with van der Waals surface area (Å²) in [5.74, 6) is 2.11. The number of carbonyl (C=O) groups excluding carboxylic acids is 2. The van der Waals surface area contributed by atoms with Crippen molar-refractivity contribution in [3.05, 3.63) is 0 Å². The summed E-state index contributed by atoms with van der Waals surface area (Å²) in [5.41, 5.74) is 0. The van der Waals surface area contributed by atoms with Crippen molar-refractivity contribution >= 4 is 12.2 Å². The lowest BCUT2D eigenvalue weighted by Crippen LogP contribution is -2.24. The molecule has 0 N–H and O–H groups in total. The van der Waals surface area contributed by atoms with Crippen LogP contribution < -0.4 is 0 Å². The van der Waals surface area contributed by atoms with Gasteiger partial charge in [-0.3, -0.25) is 0 Å². The van der Waals surface area contributed by atoms with Crippen molar-refractivity contribution < 1.29 is 9.59 Å². The van der Waals surface area contributed by atoms with Gasteiger partial charge < -0.3 is 0 Å². The fourth-order valence-electron chi connectivity index (χ4n) is 4.54. The van der Waals surface area contributed by atoms with Gasteiger partial charge in [-0.05, 0) is 49.4 Å². The van der Waals surface area contributed by atoms with Crippen LogP contribution in [-0.2, 0) is 9.59 Å². The Balaban J connectivity index is 1.90. The molecule has 16 heavy (non-hydrogen) atoms. The monoisotopic (exact) mass is 218 g/mol. The third kappa shape index (κ3) is 1.17. The largest absolute Gasteiger partial charge is 0.235 e. The second-order valence-electron chi connectivity index (χ2n) is 5.22. The zero-order chi connectivity index (χ0) is 11.1. The smallest absolute Gasteiger partial charge is 0.211 e. The summed E-state index contributed by atoms with van der Waals surface area (Å²) >= 11 is 0. The van der Waals surface area contributed by atoms with E-state index in [0.717, 1.165) is 19.3 Å². The van der Waals surface area contributed by atoms with Crippen molar-refractivity contribution in [1.29, 1.82) is 0 Å². The quantitative estimate of drug-likeness (QED) is 0.520. The average molecular weight is 218 g/mol. The molecule has 4 heteroatoms. The van der Waals surface area contributed by atoms with Crippen LogP contribution in [0.2, 0.25) is 0 Å². The van der Waals surface area contributed by atoms with E-state index in [0.29, 0.717) is 23.7 Å². The highest BCUT2D eigenvalue weighted by Gasteiger charge is 2.59. The van der Waals surface area contributed by atoms with Gasteiger partial charge >= 0.3 is 0 Å². The van der Waals surface area contributed by atoms with Gasteiger partial charge in [-0.1, -0.05) is 0 Å². The highest BCUT2D eigenvalue weighted by atomic mass is 16.1. The molecule has 0 saturated heterocycles. The summed E-state index contributed by atoms with van der Waals surface area (Å²) in [6.45, 7) is 0. The Labute approximate surface area is 93.8 Å². The fraction of sp³-hybridized carbons (Fsp3) is 0.833. The molecule has 0 heterocycles. The molecule has 3 aliphatic rings. The zero-order valence-corrected chi connectivity index (χ0v) is 9.00. The zero-order valence-electron chi connectivity index (χ0n) is 9.00. The normalized spacial score (nSPS) is 48.2. The molecule has 3 rings (SSSR count). The Kier molecular flexibility index (Phi) is 2.27. The molecule has 2 bridgehead atoms. The number of hydrogen-bond acceptors (Lipinski definition) is 4. The first-order valence-corrected chi connectivity index (χ1v) is 6.00. The predicted octanol–water partition coefficient (Wildman–Crippen LogP) is 1.46. The number of rotatable bonds is 2. The van der Waals surface area contributed by atoms with Crippen molar-refractivity contribution in [2.45, 2.75) is 37.8 Å². The number of aliphatic imine (C=N–C) groups is 2. The molecule has 3 aliphatic carbocycles. The maximum Gasteiger partial charge on any atom is 0.235 e. The first-order chi connectivity index (χ1) is 7.86. The van der Waals surface area contributed by atoms with Gasteiger partial charge in [0, 0.05) is 0 Å². The van der Waals surface area contributed by atoms with Crippen LogP contribution in [0.4, 0.5) is 0 Å². The Hall–Kier alpha value is -1.24. The molecule has 0 aromatic rings. The SMILES string of the molecule is O=C=NC1CCC2C3CCC(C3N=C=O)C12.